The summed E-state index contributed by atoms with van der Waals surface area (Å²) in [5.41, 5.74) is 4.20. The Morgan fingerprint density at radius 1 is 0.923 bits per heavy atom. The van der Waals surface area contributed by atoms with Crippen LogP contribution in [0.25, 0.3) is 0 Å². The van der Waals surface area contributed by atoms with E-state index in [9.17, 15) is 18.0 Å². The molecule has 11 nitrogen and oxygen atoms in total. The zero-order valence-corrected chi connectivity index (χ0v) is 22.6. The first-order valence-electron chi connectivity index (χ1n) is 11.7. The maximum atomic E-state index is 12.4. The van der Waals surface area contributed by atoms with Crippen LogP contribution >= 0.6 is 0 Å². The summed E-state index contributed by atoms with van der Waals surface area (Å²) in [7, 11) is -0.897. The normalized spacial score (nSPS) is 11.1. The molecule has 12 heteroatoms. The summed E-state index contributed by atoms with van der Waals surface area (Å²) in [4.78, 5) is 24.4. The molecule has 0 heterocycles. The number of anilines is 1. The molecule has 3 aromatic carbocycles. The van der Waals surface area contributed by atoms with Crippen molar-refractivity contribution in [1.82, 2.24) is 10.7 Å². The number of nitrogens with one attached hydrogen (secondary N) is 2. The summed E-state index contributed by atoms with van der Waals surface area (Å²) >= 11 is 0. The van der Waals surface area contributed by atoms with Crippen LogP contribution in [-0.2, 0) is 26.2 Å². The number of nitrogens with zero attached hydrogens (tertiary/aromatic N) is 2. The predicted molar refractivity (Wildman–Crippen MR) is 148 cm³/mol. The summed E-state index contributed by atoms with van der Waals surface area (Å²) < 4.78 is 41.5. The average molecular weight is 555 g/mol. The number of rotatable bonds is 13. The zero-order valence-electron chi connectivity index (χ0n) is 21.8. The minimum Gasteiger partial charge on any atom is -0.493 e. The summed E-state index contributed by atoms with van der Waals surface area (Å²) in [5.74, 6) is 0.343. The van der Waals surface area contributed by atoms with Gasteiger partial charge in [-0.25, -0.2) is 13.8 Å². The molecule has 0 aliphatic heterocycles. The standard InChI is InChI=1S/C27H30N4O7S/c1-36-24-14-11-22(15-25(24)37-2)31(39(3,34)35)18-26(32)30-29-17-21-9-12-23(13-10-21)38-19-27(33)28-16-20-7-5-4-6-8-20/h4-15,17H,16,18-19H2,1-3H3,(H,28,33)(H,30,32)/b29-17+. The van der Waals surface area contributed by atoms with Gasteiger partial charge in [0.25, 0.3) is 11.8 Å². The summed E-state index contributed by atoms with van der Waals surface area (Å²) in [6, 6.07) is 20.8. The van der Waals surface area contributed by atoms with Gasteiger partial charge in [0.1, 0.15) is 12.3 Å². The molecule has 0 atom stereocenters. The molecule has 0 bridgehead atoms. The molecule has 0 aromatic heterocycles. The lowest BCUT2D eigenvalue weighted by Gasteiger charge is -2.22. The van der Waals surface area contributed by atoms with E-state index in [0.29, 0.717) is 29.4 Å². The Morgan fingerprint density at radius 3 is 2.26 bits per heavy atom. The average Bonchev–Trinajstić information content (AvgIpc) is 2.94. The van der Waals surface area contributed by atoms with Gasteiger partial charge in [0.2, 0.25) is 10.0 Å². The van der Waals surface area contributed by atoms with Gasteiger partial charge in [-0.3, -0.25) is 13.9 Å². The van der Waals surface area contributed by atoms with Crippen molar-refractivity contribution in [2.24, 2.45) is 5.10 Å². The molecule has 206 valence electrons. The van der Waals surface area contributed by atoms with Crippen molar-refractivity contribution in [2.45, 2.75) is 6.54 Å². The third-order valence-corrected chi connectivity index (χ3v) is 6.47. The van der Waals surface area contributed by atoms with E-state index in [1.807, 2.05) is 30.3 Å². The maximum Gasteiger partial charge on any atom is 0.260 e. The van der Waals surface area contributed by atoms with Gasteiger partial charge >= 0.3 is 0 Å². The van der Waals surface area contributed by atoms with Crippen LogP contribution in [0.15, 0.2) is 77.9 Å². The van der Waals surface area contributed by atoms with E-state index in [2.05, 4.69) is 15.8 Å². The van der Waals surface area contributed by atoms with E-state index in [0.717, 1.165) is 16.1 Å². The fourth-order valence-electron chi connectivity index (χ4n) is 3.37. The number of benzene rings is 3. The van der Waals surface area contributed by atoms with Crippen molar-refractivity contribution in [3.63, 3.8) is 0 Å². The molecule has 2 N–H and O–H groups in total. The second-order valence-corrected chi connectivity index (χ2v) is 10.1. The lowest BCUT2D eigenvalue weighted by molar-refractivity contribution is -0.123. The van der Waals surface area contributed by atoms with E-state index in [-0.39, 0.29) is 18.2 Å². The zero-order chi connectivity index (χ0) is 28.3. The monoisotopic (exact) mass is 554 g/mol. The smallest absolute Gasteiger partial charge is 0.260 e. The van der Waals surface area contributed by atoms with Crippen molar-refractivity contribution in [3.05, 3.63) is 83.9 Å². The van der Waals surface area contributed by atoms with E-state index >= 15 is 0 Å². The number of amides is 2. The second-order valence-electron chi connectivity index (χ2n) is 8.22. The van der Waals surface area contributed by atoms with Gasteiger partial charge in [0, 0.05) is 12.6 Å². The first-order valence-corrected chi connectivity index (χ1v) is 13.6. The third kappa shape index (κ3) is 9.04. The molecule has 0 spiro atoms. The molecule has 3 aromatic rings. The highest BCUT2D eigenvalue weighted by Gasteiger charge is 2.22. The molecule has 39 heavy (non-hydrogen) atoms. The molecular formula is C27H30N4O7S. The largest absolute Gasteiger partial charge is 0.493 e. The topological polar surface area (TPSA) is 136 Å². The molecule has 2 amide bonds. The fraction of sp³-hybridized carbons (Fsp3) is 0.222. The van der Waals surface area contributed by atoms with Crippen LogP contribution in [-0.4, -0.2) is 60.1 Å². The Balaban J connectivity index is 1.50. The first kappa shape index (κ1) is 29.0. The van der Waals surface area contributed by atoms with Crippen molar-refractivity contribution in [3.8, 4) is 17.2 Å². The SMILES string of the molecule is COc1ccc(N(CC(=O)N/N=C/c2ccc(OCC(=O)NCc3ccccc3)cc2)S(C)(=O)=O)cc1OC. The Bertz CT molecular complexity index is 1400. The molecule has 0 saturated heterocycles. The quantitative estimate of drug-likeness (QED) is 0.245. The fourth-order valence-corrected chi connectivity index (χ4v) is 4.22. The minimum atomic E-state index is -3.79. The first-order chi connectivity index (χ1) is 18.7. The highest BCUT2D eigenvalue weighted by atomic mass is 32.2. The Hall–Kier alpha value is -4.58. The molecule has 0 saturated carbocycles. The predicted octanol–water partition coefficient (Wildman–Crippen LogP) is 2.32. The second kappa shape index (κ2) is 13.8. The number of carbonyl (C=O) groups excluding carboxylic acids is 2. The van der Waals surface area contributed by atoms with Gasteiger partial charge < -0.3 is 19.5 Å². The molecule has 0 unspecified atom stereocenters. The van der Waals surface area contributed by atoms with E-state index in [1.54, 1.807) is 30.3 Å². The highest BCUT2D eigenvalue weighted by molar-refractivity contribution is 7.92. The number of hydrogen-bond acceptors (Lipinski definition) is 8. The van der Waals surface area contributed by atoms with E-state index < -0.39 is 22.5 Å². The van der Waals surface area contributed by atoms with Crippen molar-refractivity contribution >= 4 is 33.7 Å². The Labute approximate surface area is 227 Å². The van der Waals surface area contributed by atoms with E-state index in [4.69, 9.17) is 14.2 Å². The molecule has 0 aliphatic carbocycles. The number of sulfonamides is 1. The maximum absolute atomic E-state index is 12.4. The lowest BCUT2D eigenvalue weighted by Crippen LogP contribution is -2.39. The van der Waals surface area contributed by atoms with Gasteiger partial charge in [-0.2, -0.15) is 5.10 Å². The highest BCUT2D eigenvalue weighted by Crippen LogP contribution is 2.32. The summed E-state index contributed by atoms with van der Waals surface area (Å²) in [6.45, 7) is -0.210. The van der Waals surface area contributed by atoms with Gasteiger partial charge in [0.15, 0.2) is 18.1 Å². The van der Waals surface area contributed by atoms with Crippen LogP contribution in [0.4, 0.5) is 5.69 Å². The molecule has 3 rings (SSSR count). The van der Waals surface area contributed by atoms with Crippen LogP contribution in [0.5, 0.6) is 17.2 Å². The van der Waals surface area contributed by atoms with Crippen molar-refractivity contribution < 1.29 is 32.2 Å². The lowest BCUT2D eigenvalue weighted by atomic mass is 10.2. The van der Waals surface area contributed by atoms with Crippen molar-refractivity contribution in [1.29, 1.82) is 0 Å². The third-order valence-electron chi connectivity index (χ3n) is 5.33. The van der Waals surface area contributed by atoms with Crippen LogP contribution in [0, 0.1) is 0 Å². The summed E-state index contributed by atoms with van der Waals surface area (Å²) in [5, 5.41) is 6.68. The Kier molecular flexibility index (Phi) is 10.3. The number of ether oxygens (including phenoxy) is 3. The van der Waals surface area contributed by atoms with Gasteiger partial charge in [-0.15, -0.1) is 0 Å². The number of hydrazone groups is 1. The van der Waals surface area contributed by atoms with Crippen LogP contribution in [0.3, 0.4) is 0 Å². The summed E-state index contributed by atoms with van der Waals surface area (Å²) in [6.07, 6.45) is 2.40. The molecule has 0 radical (unpaired) electrons. The number of carbonyl (C=O) groups is 2. The van der Waals surface area contributed by atoms with Crippen LogP contribution < -0.4 is 29.3 Å². The number of methoxy groups -OCH3 is 2. The van der Waals surface area contributed by atoms with Gasteiger partial charge in [0.05, 0.1) is 32.4 Å². The van der Waals surface area contributed by atoms with E-state index in [1.165, 1.54) is 32.6 Å². The van der Waals surface area contributed by atoms with Crippen LogP contribution in [0.1, 0.15) is 11.1 Å². The molecule has 0 aliphatic rings. The van der Waals surface area contributed by atoms with Gasteiger partial charge in [-0.05, 0) is 47.5 Å². The number of hydrogen-bond donors (Lipinski definition) is 2. The molecule has 0 fully saturated rings. The molecular weight excluding hydrogens is 524 g/mol. The Morgan fingerprint density at radius 2 is 1.62 bits per heavy atom. The minimum absolute atomic E-state index is 0.132. The van der Waals surface area contributed by atoms with Crippen molar-refractivity contribution in [2.75, 3.05) is 37.9 Å². The van der Waals surface area contributed by atoms with Crippen LogP contribution in [0.2, 0.25) is 0 Å². The van der Waals surface area contributed by atoms with Gasteiger partial charge in [-0.1, -0.05) is 30.3 Å².